The van der Waals surface area contributed by atoms with Crippen LogP contribution in [0.25, 0.3) is 0 Å². The van der Waals surface area contributed by atoms with Crippen molar-refractivity contribution < 1.29 is 13.9 Å². The molecular weight excluding hydrogens is 349 g/mol. The lowest BCUT2D eigenvalue weighted by Gasteiger charge is -2.36. The monoisotopic (exact) mass is 373 g/mol. The number of amides is 1. The zero-order valence-electron chi connectivity index (χ0n) is 15.4. The topological polar surface area (TPSA) is 70.6 Å². The molecule has 144 valence electrons. The Kier molecular flexibility index (Phi) is 6.54. The molecule has 0 unspecified atom stereocenters. The third kappa shape index (κ3) is 5.13. The normalized spacial score (nSPS) is 14.3. The fourth-order valence-corrected chi connectivity index (χ4v) is 2.97. The lowest BCUT2D eigenvalue weighted by Crippen LogP contribution is -2.47. The van der Waals surface area contributed by atoms with Gasteiger partial charge in [0.1, 0.15) is 5.82 Å². The molecule has 1 aromatic heterocycles. The summed E-state index contributed by atoms with van der Waals surface area (Å²) in [5.41, 5.74) is 1.32. The van der Waals surface area contributed by atoms with Crippen LogP contribution in [-0.2, 0) is 4.74 Å². The molecule has 1 aliphatic rings. The van der Waals surface area contributed by atoms with Gasteiger partial charge in [-0.05, 0) is 42.8 Å². The third-order valence-electron chi connectivity index (χ3n) is 4.49. The second kappa shape index (κ2) is 9.27. The fraction of sp³-hybridized carbons (Fsp3) is 0.421. The summed E-state index contributed by atoms with van der Waals surface area (Å²) in [6, 6.07) is 10.1. The average Bonchev–Trinajstić information content (AvgIpc) is 2.72. The first kappa shape index (κ1) is 19.0. The van der Waals surface area contributed by atoms with Crippen molar-refractivity contribution in [1.82, 2.24) is 15.5 Å². The number of ether oxygens (including phenoxy) is 1. The van der Waals surface area contributed by atoms with Crippen LogP contribution >= 0.6 is 0 Å². The largest absolute Gasteiger partial charge is 0.385 e. The van der Waals surface area contributed by atoms with Gasteiger partial charge in [-0.2, -0.15) is 0 Å². The number of hydrogen-bond donors (Lipinski definition) is 1. The van der Waals surface area contributed by atoms with E-state index in [1.165, 1.54) is 12.1 Å². The van der Waals surface area contributed by atoms with Gasteiger partial charge in [0.05, 0.1) is 0 Å². The minimum Gasteiger partial charge on any atom is -0.385 e. The van der Waals surface area contributed by atoms with Crippen molar-refractivity contribution in [3.05, 3.63) is 47.9 Å². The first-order valence-corrected chi connectivity index (χ1v) is 9.03. The van der Waals surface area contributed by atoms with E-state index in [0.717, 1.165) is 44.1 Å². The van der Waals surface area contributed by atoms with Gasteiger partial charge in [0.2, 0.25) is 0 Å². The Balaban J connectivity index is 1.51. The van der Waals surface area contributed by atoms with Gasteiger partial charge in [0.15, 0.2) is 11.5 Å². The molecule has 27 heavy (non-hydrogen) atoms. The summed E-state index contributed by atoms with van der Waals surface area (Å²) in [4.78, 5) is 16.4. The summed E-state index contributed by atoms with van der Waals surface area (Å²) in [5.74, 6) is 0.298. The van der Waals surface area contributed by atoms with Crippen molar-refractivity contribution in [3.63, 3.8) is 0 Å². The van der Waals surface area contributed by atoms with Gasteiger partial charge in [-0.1, -0.05) is 0 Å². The molecule has 1 saturated heterocycles. The highest BCUT2D eigenvalue weighted by atomic mass is 19.1. The summed E-state index contributed by atoms with van der Waals surface area (Å²) in [7, 11) is 1.63. The first-order chi connectivity index (χ1) is 13.2. The molecule has 1 aromatic carbocycles. The van der Waals surface area contributed by atoms with Crippen LogP contribution in [0.5, 0.6) is 0 Å². The van der Waals surface area contributed by atoms with E-state index >= 15 is 0 Å². The van der Waals surface area contributed by atoms with Crippen LogP contribution < -0.4 is 15.1 Å². The molecule has 1 aliphatic heterocycles. The van der Waals surface area contributed by atoms with Crippen molar-refractivity contribution in [2.45, 2.75) is 6.42 Å². The summed E-state index contributed by atoms with van der Waals surface area (Å²) in [6.07, 6.45) is 0.756. The Labute approximate surface area is 158 Å². The molecule has 8 heteroatoms. The SMILES string of the molecule is COCCCNC(=O)c1ccc(N2CCN(c3ccc(F)cc3)CC2)nn1. The van der Waals surface area contributed by atoms with Gasteiger partial charge in [-0.15, -0.1) is 10.2 Å². The van der Waals surface area contributed by atoms with Crippen LogP contribution in [-0.4, -0.2) is 62.5 Å². The molecular formula is C19H24FN5O2. The molecule has 0 bridgehead atoms. The first-order valence-electron chi connectivity index (χ1n) is 9.03. The Hall–Kier alpha value is -2.74. The van der Waals surface area contributed by atoms with Crippen LogP contribution in [0.1, 0.15) is 16.9 Å². The number of methoxy groups -OCH3 is 1. The van der Waals surface area contributed by atoms with Crippen molar-refractivity contribution in [1.29, 1.82) is 0 Å². The number of carbonyl (C=O) groups excluding carboxylic acids is 1. The quantitative estimate of drug-likeness (QED) is 0.745. The Morgan fingerprint density at radius 1 is 1.07 bits per heavy atom. The van der Waals surface area contributed by atoms with Gasteiger partial charge in [-0.3, -0.25) is 4.79 Å². The zero-order valence-corrected chi connectivity index (χ0v) is 15.4. The van der Waals surface area contributed by atoms with E-state index in [0.29, 0.717) is 18.8 Å². The van der Waals surface area contributed by atoms with E-state index in [2.05, 4.69) is 25.3 Å². The van der Waals surface area contributed by atoms with Crippen LogP contribution in [0.4, 0.5) is 15.9 Å². The Morgan fingerprint density at radius 2 is 1.78 bits per heavy atom. The zero-order chi connectivity index (χ0) is 19.1. The molecule has 0 radical (unpaired) electrons. The summed E-state index contributed by atoms with van der Waals surface area (Å²) < 4.78 is 18.0. The molecule has 1 fully saturated rings. The Morgan fingerprint density at radius 3 is 2.41 bits per heavy atom. The summed E-state index contributed by atoms with van der Waals surface area (Å²) in [5, 5.41) is 11.0. The molecule has 3 rings (SSSR count). The number of carbonyl (C=O) groups is 1. The summed E-state index contributed by atoms with van der Waals surface area (Å²) >= 11 is 0. The highest BCUT2D eigenvalue weighted by Crippen LogP contribution is 2.19. The predicted octanol–water partition coefficient (Wildman–Crippen LogP) is 1.71. The lowest BCUT2D eigenvalue weighted by molar-refractivity contribution is 0.0942. The van der Waals surface area contributed by atoms with Gasteiger partial charge >= 0.3 is 0 Å². The smallest absolute Gasteiger partial charge is 0.271 e. The van der Waals surface area contributed by atoms with E-state index in [4.69, 9.17) is 4.74 Å². The van der Waals surface area contributed by atoms with Gasteiger partial charge < -0.3 is 19.9 Å². The van der Waals surface area contributed by atoms with Gasteiger partial charge in [0.25, 0.3) is 5.91 Å². The van der Waals surface area contributed by atoms with Crippen molar-refractivity contribution in [2.24, 2.45) is 0 Å². The number of hydrogen-bond acceptors (Lipinski definition) is 6. The molecule has 1 N–H and O–H groups in total. The minimum absolute atomic E-state index is 0.226. The maximum atomic E-state index is 13.1. The molecule has 0 aliphatic carbocycles. The van der Waals surface area contributed by atoms with Crippen LogP contribution in [0, 0.1) is 5.82 Å². The van der Waals surface area contributed by atoms with Crippen LogP contribution in [0.15, 0.2) is 36.4 Å². The van der Waals surface area contributed by atoms with Crippen LogP contribution in [0.2, 0.25) is 0 Å². The maximum absolute atomic E-state index is 13.1. The van der Waals surface area contributed by atoms with E-state index < -0.39 is 0 Å². The van der Waals surface area contributed by atoms with Gasteiger partial charge in [0, 0.05) is 52.1 Å². The third-order valence-corrected chi connectivity index (χ3v) is 4.49. The number of anilines is 2. The number of nitrogens with zero attached hydrogens (tertiary/aromatic N) is 4. The molecule has 0 atom stereocenters. The molecule has 2 aromatic rings. The maximum Gasteiger partial charge on any atom is 0.271 e. The lowest BCUT2D eigenvalue weighted by atomic mass is 10.2. The minimum atomic E-state index is -0.230. The molecule has 0 saturated carbocycles. The number of rotatable bonds is 7. The standard InChI is InChI=1S/C19H24FN5O2/c1-27-14-2-9-21-19(26)17-7-8-18(23-22-17)25-12-10-24(11-13-25)16-5-3-15(20)4-6-16/h3-8H,2,9-14H2,1H3,(H,21,26). The second-order valence-electron chi connectivity index (χ2n) is 6.33. The highest BCUT2D eigenvalue weighted by Gasteiger charge is 2.19. The van der Waals surface area contributed by atoms with Crippen molar-refractivity contribution >= 4 is 17.4 Å². The molecule has 2 heterocycles. The number of benzene rings is 1. The van der Waals surface area contributed by atoms with Crippen molar-refractivity contribution in [3.8, 4) is 0 Å². The number of piperazine rings is 1. The second-order valence-corrected chi connectivity index (χ2v) is 6.33. The Bertz CT molecular complexity index is 731. The van der Waals surface area contributed by atoms with E-state index in [1.54, 1.807) is 25.3 Å². The number of nitrogens with one attached hydrogen (secondary N) is 1. The predicted molar refractivity (Wildman–Crippen MR) is 102 cm³/mol. The van der Waals surface area contributed by atoms with Gasteiger partial charge in [-0.25, -0.2) is 4.39 Å². The average molecular weight is 373 g/mol. The molecule has 0 spiro atoms. The van der Waals surface area contributed by atoms with Crippen molar-refractivity contribution in [2.75, 3.05) is 56.2 Å². The van der Waals surface area contributed by atoms with E-state index in [9.17, 15) is 9.18 Å². The fourth-order valence-electron chi connectivity index (χ4n) is 2.97. The number of aromatic nitrogens is 2. The highest BCUT2D eigenvalue weighted by molar-refractivity contribution is 5.92. The van der Waals surface area contributed by atoms with Crippen LogP contribution in [0.3, 0.4) is 0 Å². The molecule has 7 nitrogen and oxygen atoms in total. The summed E-state index contributed by atoms with van der Waals surface area (Å²) in [6.45, 7) is 4.35. The number of halogens is 1. The van der Waals surface area contributed by atoms with E-state index in [1.807, 2.05) is 6.07 Å². The van der Waals surface area contributed by atoms with E-state index in [-0.39, 0.29) is 11.7 Å². The molecule has 1 amide bonds.